The average Bonchev–Trinajstić information content (AvgIpc) is 2.60. The van der Waals surface area contributed by atoms with Crippen molar-refractivity contribution in [1.29, 1.82) is 0 Å². The van der Waals surface area contributed by atoms with Crippen LogP contribution in [0.2, 0.25) is 0 Å². The van der Waals surface area contributed by atoms with Crippen LogP contribution >= 0.6 is 0 Å². The molecule has 26 heavy (non-hydrogen) atoms. The van der Waals surface area contributed by atoms with E-state index in [-0.39, 0.29) is 15.4 Å². The maximum absolute atomic E-state index is 12.9. The highest BCUT2D eigenvalue weighted by molar-refractivity contribution is 7.89. The predicted molar refractivity (Wildman–Crippen MR) is 91.5 cm³/mol. The third kappa shape index (κ3) is 4.43. The Bertz CT molecular complexity index is 1020. The van der Waals surface area contributed by atoms with E-state index in [4.69, 9.17) is 0 Å². The van der Waals surface area contributed by atoms with Gasteiger partial charge in [0, 0.05) is 19.7 Å². The molecule has 0 atom stereocenters. The number of halogens is 1. The van der Waals surface area contributed by atoms with E-state index < -0.39 is 31.8 Å². The van der Waals surface area contributed by atoms with Crippen LogP contribution in [0.1, 0.15) is 10.4 Å². The minimum absolute atomic E-state index is 0.0604. The van der Waals surface area contributed by atoms with Crippen LogP contribution in [0.25, 0.3) is 0 Å². The number of amides is 1. The number of benzene rings is 2. The minimum Gasteiger partial charge on any atom is -0.273 e. The monoisotopic (exact) mass is 401 g/mol. The van der Waals surface area contributed by atoms with Gasteiger partial charge in [0.2, 0.25) is 10.0 Å². The summed E-state index contributed by atoms with van der Waals surface area (Å²) in [6.45, 7) is 0. The Morgan fingerprint density at radius 2 is 1.58 bits per heavy atom. The summed E-state index contributed by atoms with van der Waals surface area (Å²) < 4.78 is 62.1. The normalized spacial score (nSPS) is 12.2. The molecule has 0 saturated carbocycles. The molecule has 0 aliphatic heterocycles. The lowest BCUT2D eigenvalue weighted by Gasteiger charge is -2.12. The van der Waals surface area contributed by atoms with Gasteiger partial charge in [-0.2, -0.15) is 0 Å². The Hall–Kier alpha value is -2.34. The highest BCUT2D eigenvalue weighted by Gasteiger charge is 2.20. The van der Waals surface area contributed by atoms with E-state index in [1.807, 2.05) is 10.3 Å². The lowest BCUT2D eigenvalue weighted by Crippen LogP contribution is -2.41. The maximum Gasteiger partial charge on any atom is 0.266 e. The minimum atomic E-state index is -4.11. The Morgan fingerprint density at radius 3 is 2.15 bits per heavy atom. The molecule has 2 aromatic rings. The third-order valence-electron chi connectivity index (χ3n) is 3.30. The van der Waals surface area contributed by atoms with Gasteiger partial charge in [-0.25, -0.2) is 25.5 Å². The van der Waals surface area contributed by atoms with E-state index in [9.17, 15) is 26.0 Å². The van der Waals surface area contributed by atoms with Gasteiger partial charge in [-0.05, 0) is 42.5 Å². The van der Waals surface area contributed by atoms with Gasteiger partial charge in [-0.1, -0.05) is 6.07 Å². The molecule has 0 saturated heterocycles. The summed E-state index contributed by atoms with van der Waals surface area (Å²) in [5.41, 5.74) is 1.92. The summed E-state index contributed by atoms with van der Waals surface area (Å²) in [5.74, 6) is -1.46. The zero-order valence-electron chi connectivity index (χ0n) is 13.8. The Balaban J connectivity index is 2.17. The number of carbonyl (C=O) groups is 1. The van der Waals surface area contributed by atoms with E-state index in [0.717, 1.165) is 34.6 Å². The van der Waals surface area contributed by atoms with Crippen LogP contribution in [0.15, 0.2) is 58.3 Å². The molecule has 2 N–H and O–H groups in total. The topological polar surface area (TPSA) is 113 Å². The first-order valence-electron chi connectivity index (χ1n) is 7.14. The molecule has 0 spiro atoms. The second-order valence-corrected chi connectivity index (χ2v) is 9.16. The van der Waals surface area contributed by atoms with Crippen molar-refractivity contribution in [2.45, 2.75) is 9.79 Å². The van der Waals surface area contributed by atoms with Crippen LogP contribution in [0.3, 0.4) is 0 Å². The summed E-state index contributed by atoms with van der Waals surface area (Å²) in [5, 5.41) is 0. The first-order chi connectivity index (χ1) is 12.0. The fraction of sp³-hybridized carbons (Fsp3) is 0.133. The Kier molecular flexibility index (Phi) is 5.76. The number of sulfonamides is 2. The summed E-state index contributed by atoms with van der Waals surface area (Å²) >= 11 is 0. The molecular weight excluding hydrogens is 385 g/mol. The molecule has 2 aromatic carbocycles. The number of carbonyl (C=O) groups excluding carboxylic acids is 1. The van der Waals surface area contributed by atoms with Crippen LogP contribution in [0.5, 0.6) is 0 Å². The highest BCUT2D eigenvalue weighted by Crippen LogP contribution is 2.15. The number of nitrogens with one attached hydrogen (secondary N) is 2. The highest BCUT2D eigenvalue weighted by atomic mass is 32.2. The van der Waals surface area contributed by atoms with E-state index in [1.54, 1.807) is 0 Å². The van der Waals surface area contributed by atoms with E-state index in [2.05, 4.69) is 0 Å². The molecule has 0 aliphatic carbocycles. The van der Waals surface area contributed by atoms with Gasteiger partial charge in [-0.3, -0.25) is 10.2 Å². The number of hydrogen-bond acceptors (Lipinski definition) is 5. The van der Waals surface area contributed by atoms with Gasteiger partial charge in [0.15, 0.2) is 0 Å². The van der Waals surface area contributed by atoms with E-state index >= 15 is 0 Å². The first-order valence-corrected chi connectivity index (χ1v) is 10.1. The van der Waals surface area contributed by atoms with Gasteiger partial charge < -0.3 is 0 Å². The van der Waals surface area contributed by atoms with Crippen molar-refractivity contribution in [2.24, 2.45) is 0 Å². The summed E-state index contributed by atoms with van der Waals surface area (Å²) in [7, 11) is -5.16. The molecular formula is C15H16FN3O5S2. The van der Waals surface area contributed by atoms with Crippen molar-refractivity contribution in [2.75, 3.05) is 14.1 Å². The smallest absolute Gasteiger partial charge is 0.266 e. The van der Waals surface area contributed by atoms with Gasteiger partial charge in [0.1, 0.15) is 5.82 Å². The van der Waals surface area contributed by atoms with Crippen molar-refractivity contribution in [1.82, 2.24) is 14.6 Å². The zero-order valence-corrected chi connectivity index (χ0v) is 15.4. The largest absolute Gasteiger partial charge is 0.273 e. The Morgan fingerprint density at radius 1 is 0.962 bits per heavy atom. The molecule has 8 nitrogen and oxygen atoms in total. The van der Waals surface area contributed by atoms with Crippen molar-refractivity contribution in [3.05, 3.63) is 59.9 Å². The molecule has 2 rings (SSSR count). The number of hydrogen-bond donors (Lipinski definition) is 2. The van der Waals surface area contributed by atoms with Crippen LogP contribution in [-0.4, -0.2) is 41.1 Å². The number of nitrogens with zero attached hydrogens (tertiary/aromatic N) is 1. The van der Waals surface area contributed by atoms with E-state index in [1.165, 1.54) is 32.3 Å². The Labute approximate surface area is 150 Å². The molecule has 0 radical (unpaired) electrons. The molecule has 0 heterocycles. The lowest BCUT2D eigenvalue weighted by molar-refractivity contribution is 0.0945. The van der Waals surface area contributed by atoms with Gasteiger partial charge in [0.25, 0.3) is 15.9 Å². The molecule has 11 heteroatoms. The number of rotatable bonds is 6. The summed E-state index contributed by atoms with van der Waals surface area (Å²) in [6, 6.07) is 9.13. The van der Waals surface area contributed by atoms with Crippen LogP contribution in [0, 0.1) is 5.82 Å². The molecule has 0 aromatic heterocycles. The van der Waals surface area contributed by atoms with Gasteiger partial charge in [0.05, 0.1) is 9.79 Å². The summed E-state index contributed by atoms with van der Waals surface area (Å²) in [4.78, 5) is 13.6. The molecule has 140 valence electrons. The van der Waals surface area contributed by atoms with Crippen molar-refractivity contribution in [3.63, 3.8) is 0 Å². The quantitative estimate of drug-likeness (QED) is 0.692. The SMILES string of the molecule is CN(C)S(=O)(=O)c1cccc(C(=O)NNS(=O)(=O)c2ccc(F)cc2)c1. The number of hydrazine groups is 1. The van der Waals surface area contributed by atoms with E-state index in [0.29, 0.717) is 0 Å². The maximum atomic E-state index is 12.9. The van der Waals surface area contributed by atoms with Crippen LogP contribution < -0.4 is 10.3 Å². The van der Waals surface area contributed by atoms with Crippen molar-refractivity contribution < 1.29 is 26.0 Å². The summed E-state index contributed by atoms with van der Waals surface area (Å²) in [6.07, 6.45) is 0. The molecule has 0 bridgehead atoms. The second kappa shape index (κ2) is 7.50. The molecule has 0 aliphatic rings. The van der Waals surface area contributed by atoms with Crippen LogP contribution in [-0.2, 0) is 20.0 Å². The third-order valence-corrected chi connectivity index (χ3v) is 6.37. The average molecular weight is 401 g/mol. The molecule has 1 amide bonds. The fourth-order valence-corrected chi connectivity index (χ4v) is 3.65. The first kappa shape index (κ1) is 20.0. The van der Waals surface area contributed by atoms with Crippen molar-refractivity contribution in [3.8, 4) is 0 Å². The van der Waals surface area contributed by atoms with Crippen LogP contribution in [0.4, 0.5) is 4.39 Å². The predicted octanol–water partition coefficient (Wildman–Crippen LogP) is 0.699. The van der Waals surface area contributed by atoms with Gasteiger partial charge in [-0.15, -0.1) is 4.83 Å². The van der Waals surface area contributed by atoms with Crippen molar-refractivity contribution >= 4 is 26.0 Å². The van der Waals surface area contributed by atoms with Gasteiger partial charge >= 0.3 is 0 Å². The molecule has 0 unspecified atom stereocenters. The zero-order chi connectivity index (χ0) is 19.5. The molecule has 0 fully saturated rings. The standard InChI is InChI=1S/C15H16FN3O5S2/c1-19(2)26(23,24)14-5-3-4-11(10-14)15(20)17-18-25(21,22)13-8-6-12(16)7-9-13/h3-10,18H,1-2H3,(H,17,20). The lowest BCUT2D eigenvalue weighted by atomic mass is 10.2. The second-order valence-electron chi connectivity index (χ2n) is 5.33. The fourth-order valence-electron chi connectivity index (χ4n) is 1.87.